The molecule has 100 valence electrons. The van der Waals surface area contributed by atoms with Gasteiger partial charge in [-0.2, -0.15) is 5.10 Å². The summed E-state index contributed by atoms with van der Waals surface area (Å²) in [5.41, 5.74) is 7.39. The van der Waals surface area contributed by atoms with E-state index in [-0.39, 0.29) is 17.5 Å². The molecule has 1 amide bonds. The third-order valence-electron chi connectivity index (χ3n) is 2.87. The zero-order valence-electron chi connectivity index (χ0n) is 10.8. The van der Waals surface area contributed by atoms with Crippen molar-refractivity contribution in [3.63, 3.8) is 0 Å². The van der Waals surface area contributed by atoms with Crippen molar-refractivity contribution in [2.24, 2.45) is 0 Å². The number of nitrogen functional groups attached to an aromatic ring is 1. The van der Waals surface area contributed by atoms with Gasteiger partial charge < -0.3 is 15.7 Å². The van der Waals surface area contributed by atoms with Crippen LogP contribution in [0, 0.1) is 6.92 Å². The topological polar surface area (TPSA) is 95.2 Å². The second-order valence-corrected chi connectivity index (χ2v) is 4.23. The molecule has 2 rings (SSSR count). The van der Waals surface area contributed by atoms with Crippen molar-refractivity contribution in [2.75, 3.05) is 17.2 Å². The summed E-state index contributed by atoms with van der Waals surface area (Å²) in [6.07, 6.45) is 0. The summed E-state index contributed by atoms with van der Waals surface area (Å²) in [5, 5.41) is 15.9. The minimum Gasteiger partial charge on any atom is -0.508 e. The monoisotopic (exact) mass is 260 g/mol. The normalized spacial score (nSPS) is 10.4. The van der Waals surface area contributed by atoms with Crippen LogP contribution in [-0.4, -0.2) is 27.8 Å². The predicted molar refractivity (Wildman–Crippen MR) is 73.2 cm³/mol. The first-order chi connectivity index (χ1) is 9.02. The van der Waals surface area contributed by atoms with Gasteiger partial charge in [0.2, 0.25) is 0 Å². The molecule has 2 aromatic rings. The number of hydrogen-bond acceptors (Lipinski definition) is 4. The molecular formula is C13H16N4O2. The fraction of sp³-hybridized carbons (Fsp3) is 0.231. The molecule has 19 heavy (non-hydrogen) atoms. The standard InChI is InChI=1S/C13H16N4O2/c1-3-17(11-6-9(18)5-4-8(11)2)13(19)10-7-12(14)16-15-10/h4-7,18H,3H2,1-2H3,(H3,14,15,16). The quantitative estimate of drug-likeness (QED) is 0.782. The van der Waals surface area contributed by atoms with Gasteiger partial charge in [-0.1, -0.05) is 6.07 Å². The van der Waals surface area contributed by atoms with E-state index in [9.17, 15) is 9.90 Å². The number of aromatic hydroxyl groups is 1. The molecule has 6 nitrogen and oxygen atoms in total. The molecule has 1 aromatic heterocycles. The van der Waals surface area contributed by atoms with Crippen molar-refractivity contribution < 1.29 is 9.90 Å². The van der Waals surface area contributed by atoms with Gasteiger partial charge in [-0.25, -0.2) is 0 Å². The molecule has 1 heterocycles. The third-order valence-corrected chi connectivity index (χ3v) is 2.87. The second kappa shape index (κ2) is 5.01. The van der Waals surface area contributed by atoms with Crippen molar-refractivity contribution in [3.05, 3.63) is 35.5 Å². The van der Waals surface area contributed by atoms with E-state index in [2.05, 4.69) is 10.2 Å². The Morgan fingerprint density at radius 2 is 2.21 bits per heavy atom. The molecule has 0 aliphatic carbocycles. The lowest BCUT2D eigenvalue weighted by molar-refractivity contribution is 0.0983. The zero-order chi connectivity index (χ0) is 14.0. The van der Waals surface area contributed by atoms with E-state index in [4.69, 9.17) is 5.73 Å². The first-order valence-corrected chi connectivity index (χ1v) is 5.95. The molecular weight excluding hydrogens is 244 g/mol. The number of phenols is 1. The SMILES string of the molecule is CCN(C(=O)c1cc(N)n[nH]1)c1cc(O)ccc1C. The van der Waals surface area contributed by atoms with Crippen LogP contribution in [0.5, 0.6) is 5.75 Å². The van der Waals surface area contributed by atoms with Crippen LogP contribution in [0.15, 0.2) is 24.3 Å². The molecule has 0 bridgehead atoms. The van der Waals surface area contributed by atoms with Gasteiger partial charge in [0, 0.05) is 18.7 Å². The number of nitrogens with one attached hydrogen (secondary N) is 1. The van der Waals surface area contributed by atoms with Crippen LogP contribution in [0.1, 0.15) is 23.0 Å². The number of rotatable bonds is 3. The summed E-state index contributed by atoms with van der Waals surface area (Å²) in [4.78, 5) is 13.9. The molecule has 0 radical (unpaired) electrons. The average Bonchev–Trinajstić information content (AvgIpc) is 2.81. The molecule has 0 unspecified atom stereocenters. The van der Waals surface area contributed by atoms with Crippen LogP contribution in [-0.2, 0) is 0 Å². The highest BCUT2D eigenvalue weighted by Crippen LogP contribution is 2.26. The van der Waals surface area contributed by atoms with Crippen molar-refractivity contribution >= 4 is 17.4 Å². The third kappa shape index (κ3) is 2.52. The summed E-state index contributed by atoms with van der Waals surface area (Å²) in [7, 11) is 0. The van der Waals surface area contributed by atoms with E-state index in [1.807, 2.05) is 13.8 Å². The number of carbonyl (C=O) groups excluding carboxylic acids is 1. The number of H-pyrrole nitrogens is 1. The Hall–Kier alpha value is -2.50. The van der Waals surface area contributed by atoms with Crippen molar-refractivity contribution in [3.8, 4) is 5.75 Å². The lowest BCUT2D eigenvalue weighted by Crippen LogP contribution is -2.31. The van der Waals surface area contributed by atoms with Gasteiger partial charge >= 0.3 is 0 Å². The van der Waals surface area contributed by atoms with Gasteiger partial charge in [-0.15, -0.1) is 0 Å². The molecule has 0 saturated heterocycles. The van der Waals surface area contributed by atoms with Gasteiger partial charge in [0.15, 0.2) is 0 Å². The van der Waals surface area contributed by atoms with Gasteiger partial charge in [0.05, 0.1) is 5.69 Å². The number of aryl methyl sites for hydroxylation is 1. The Bertz CT molecular complexity index is 606. The maximum absolute atomic E-state index is 12.4. The van der Waals surface area contributed by atoms with E-state index in [1.54, 1.807) is 23.1 Å². The number of amides is 1. The Morgan fingerprint density at radius 3 is 2.79 bits per heavy atom. The molecule has 6 heteroatoms. The van der Waals surface area contributed by atoms with E-state index >= 15 is 0 Å². The highest BCUT2D eigenvalue weighted by molar-refractivity contribution is 6.05. The minimum atomic E-state index is -0.236. The number of nitrogens with two attached hydrogens (primary N) is 1. The number of aromatic nitrogens is 2. The van der Waals surface area contributed by atoms with Gasteiger partial charge in [0.25, 0.3) is 5.91 Å². The van der Waals surface area contributed by atoms with E-state index in [1.165, 1.54) is 6.07 Å². The molecule has 0 fully saturated rings. The fourth-order valence-electron chi connectivity index (χ4n) is 1.90. The Balaban J connectivity index is 2.39. The van der Waals surface area contributed by atoms with E-state index in [0.717, 1.165) is 5.56 Å². The number of nitrogens with zero attached hydrogens (tertiary/aromatic N) is 2. The summed E-state index contributed by atoms with van der Waals surface area (Å²) in [5.74, 6) is 0.156. The summed E-state index contributed by atoms with van der Waals surface area (Å²) in [6, 6.07) is 6.41. The lowest BCUT2D eigenvalue weighted by atomic mass is 10.1. The Labute approximate surface area is 110 Å². The minimum absolute atomic E-state index is 0.121. The van der Waals surface area contributed by atoms with E-state index in [0.29, 0.717) is 17.9 Å². The molecule has 0 saturated carbocycles. The lowest BCUT2D eigenvalue weighted by Gasteiger charge is -2.22. The van der Waals surface area contributed by atoms with Crippen LogP contribution in [0.3, 0.4) is 0 Å². The van der Waals surface area contributed by atoms with Crippen LogP contribution in [0.25, 0.3) is 0 Å². The fourth-order valence-corrected chi connectivity index (χ4v) is 1.90. The molecule has 0 aliphatic rings. The number of phenolic OH excluding ortho intramolecular Hbond substituents is 1. The molecule has 0 aliphatic heterocycles. The average molecular weight is 260 g/mol. The summed E-state index contributed by atoms with van der Waals surface area (Å²) < 4.78 is 0. The molecule has 0 atom stereocenters. The van der Waals surface area contributed by atoms with Crippen LogP contribution < -0.4 is 10.6 Å². The largest absolute Gasteiger partial charge is 0.508 e. The number of carbonyl (C=O) groups is 1. The van der Waals surface area contributed by atoms with Crippen LogP contribution >= 0.6 is 0 Å². The van der Waals surface area contributed by atoms with E-state index < -0.39 is 0 Å². The Kier molecular flexibility index (Phi) is 3.41. The van der Waals surface area contributed by atoms with Crippen molar-refractivity contribution in [2.45, 2.75) is 13.8 Å². The number of benzene rings is 1. The van der Waals surface area contributed by atoms with Crippen molar-refractivity contribution in [1.29, 1.82) is 0 Å². The molecule has 0 spiro atoms. The highest BCUT2D eigenvalue weighted by atomic mass is 16.3. The van der Waals surface area contributed by atoms with Gasteiger partial charge in [0.1, 0.15) is 17.3 Å². The zero-order valence-corrected chi connectivity index (χ0v) is 10.8. The Morgan fingerprint density at radius 1 is 1.47 bits per heavy atom. The molecule has 1 aromatic carbocycles. The smallest absolute Gasteiger partial charge is 0.276 e. The summed E-state index contributed by atoms with van der Waals surface area (Å²) >= 11 is 0. The first-order valence-electron chi connectivity index (χ1n) is 5.95. The highest BCUT2D eigenvalue weighted by Gasteiger charge is 2.19. The van der Waals surface area contributed by atoms with Crippen LogP contribution in [0.4, 0.5) is 11.5 Å². The van der Waals surface area contributed by atoms with Crippen molar-refractivity contribution in [1.82, 2.24) is 10.2 Å². The number of aromatic amines is 1. The number of anilines is 2. The maximum atomic E-state index is 12.4. The molecule has 4 N–H and O–H groups in total. The number of hydrogen-bond donors (Lipinski definition) is 3. The predicted octanol–water partition coefficient (Wildman–Crippen LogP) is 1.67. The van der Waals surface area contributed by atoms with Gasteiger partial charge in [-0.05, 0) is 25.5 Å². The second-order valence-electron chi connectivity index (χ2n) is 4.23. The first kappa shape index (κ1) is 12.9. The van der Waals surface area contributed by atoms with Gasteiger partial charge in [-0.3, -0.25) is 9.89 Å². The maximum Gasteiger partial charge on any atom is 0.276 e. The van der Waals surface area contributed by atoms with Crippen LogP contribution in [0.2, 0.25) is 0 Å². The summed E-state index contributed by atoms with van der Waals surface area (Å²) in [6.45, 7) is 4.22.